The van der Waals surface area contributed by atoms with Crippen LogP contribution in [0.15, 0.2) is 36.4 Å². The van der Waals surface area contributed by atoms with Gasteiger partial charge < -0.3 is 10.6 Å². The van der Waals surface area contributed by atoms with Gasteiger partial charge in [-0.1, -0.05) is 25.1 Å². The highest BCUT2D eigenvalue weighted by atomic mass is 32.1. The van der Waals surface area contributed by atoms with Gasteiger partial charge in [-0.05, 0) is 36.6 Å². The lowest BCUT2D eigenvalue weighted by atomic mass is 9.91. The zero-order valence-corrected chi connectivity index (χ0v) is 12.8. The van der Waals surface area contributed by atoms with E-state index < -0.39 is 0 Å². The standard InChI is InChI=1S/C17H22N2S/c1-2-14-7-8-15(20-14)12-18-11-13-9-10-19-17-6-4-3-5-16(13)17/h3-8,13,18-19H,2,9-12H2,1H3. The molecule has 0 saturated heterocycles. The second kappa shape index (κ2) is 6.42. The topological polar surface area (TPSA) is 24.1 Å². The van der Waals surface area contributed by atoms with Crippen LogP contribution in [-0.2, 0) is 13.0 Å². The summed E-state index contributed by atoms with van der Waals surface area (Å²) in [5.74, 6) is 0.637. The minimum absolute atomic E-state index is 0.637. The van der Waals surface area contributed by atoms with Crippen LogP contribution in [0.4, 0.5) is 5.69 Å². The van der Waals surface area contributed by atoms with Crippen LogP contribution in [0.2, 0.25) is 0 Å². The molecule has 3 heteroatoms. The number of aryl methyl sites for hydroxylation is 1. The first-order chi connectivity index (χ1) is 9.86. The molecule has 2 heterocycles. The molecule has 0 spiro atoms. The average molecular weight is 286 g/mol. The molecule has 0 aliphatic carbocycles. The van der Waals surface area contributed by atoms with E-state index in [0.717, 1.165) is 26.1 Å². The summed E-state index contributed by atoms with van der Waals surface area (Å²) in [6.45, 7) is 5.37. The molecule has 2 N–H and O–H groups in total. The quantitative estimate of drug-likeness (QED) is 0.868. The van der Waals surface area contributed by atoms with Crippen LogP contribution in [0, 0.1) is 0 Å². The van der Waals surface area contributed by atoms with Gasteiger partial charge in [0.2, 0.25) is 0 Å². The summed E-state index contributed by atoms with van der Waals surface area (Å²) >= 11 is 1.93. The Bertz CT molecular complexity index is 562. The Morgan fingerprint density at radius 1 is 1.20 bits per heavy atom. The summed E-state index contributed by atoms with van der Waals surface area (Å²) in [6, 6.07) is 13.2. The van der Waals surface area contributed by atoms with Crippen LogP contribution >= 0.6 is 11.3 Å². The minimum Gasteiger partial charge on any atom is -0.385 e. The number of fused-ring (bicyclic) bond motifs is 1. The Kier molecular flexibility index (Phi) is 4.38. The molecule has 106 valence electrons. The van der Waals surface area contributed by atoms with Crippen LogP contribution < -0.4 is 10.6 Å². The molecule has 20 heavy (non-hydrogen) atoms. The summed E-state index contributed by atoms with van der Waals surface area (Å²) < 4.78 is 0. The average Bonchev–Trinajstić information content (AvgIpc) is 2.95. The zero-order chi connectivity index (χ0) is 13.8. The van der Waals surface area contributed by atoms with Gasteiger partial charge in [0, 0.05) is 41.0 Å². The molecular formula is C17H22N2S. The Morgan fingerprint density at radius 2 is 2.05 bits per heavy atom. The third kappa shape index (κ3) is 3.05. The summed E-state index contributed by atoms with van der Waals surface area (Å²) in [5.41, 5.74) is 2.78. The van der Waals surface area contributed by atoms with Crippen molar-refractivity contribution in [2.45, 2.75) is 32.2 Å². The van der Waals surface area contributed by atoms with Crippen LogP contribution in [-0.4, -0.2) is 13.1 Å². The van der Waals surface area contributed by atoms with Crippen LogP contribution in [0.1, 0.15) is 34.6 Å². The third-order valence-corrected chi connectivity index (χ3v) is 5.19. The molecule has 0 fully saturated rings. The highest BCUT2D eigenvalue weighted by molar-refractivity contribution is 7.11. The maximum absolute atomic E-state index is 3.63. The van der Waals surface area contributed by atoms with Crippen molar-refractivity contribution >= 4 is 17.0 Å². The maximum atomic E-state index is 3.63. The second-order valence-electron chi connectivity index (χ2n) is 5.35. The van der Waals surface area contributed by atoms with E-state index >= 15 is 0 Å². The van der Waals surface area contributed by atoms with Crippen LogP contribution in [0.5, 0.6) is 0 Å². The van der Waals surface area contributed by atoms with Crippen molar-refractivity contribution in [3.05, 3.63) is 51.7 Å². The van der Waals surface area contributed by atoms with E-state index in [1.165, 1.54) is 27.4 Å². The van der Waals surface area contributed by atoms with Gasteiger partial charge >= 0.3 is 0 Å². The van der Waals surface area contributed by atoms with Crippen molar-refractivity contribution in [3.8, 4) is 0 Å². The lowest BCUT2D eigenvalue weighted by Crippen LogP contribution is -2.26. The Hall–Kier alpha value is -1.32. The molecule has 0 radical (unpaired) electrons. The maximum Gasteiger partial charge on any atom is 0.0376 e. The highest BCUT2D eigenvalue weighted by Crippen LogP contribution is 2.30. The first-order valence-electron chi connectivity index (χ1n) is 7.48. The SMILES string of the molecule is CCc1ccc(CNCC2CCNc3ccccc32)s1. The summed E-state index contributed by atoms with van der Waals surface area (Å²) in [6.07, 6.45) is 2.36. The third-order valence-electron chi connectivity index (χ3n) is 3.96. The van der Waals surface area contributed by atoms with Crippen molar-refractivity contribution in [1.29, 1.82) is 0 Å². The normalized spacial score (nSPS) is 17.6. The molecule has 0 saturated carbocycles. The number of thiophene rings is 1. The van der Waals surface area contributed by atoms with E-state index in [1.807, 2.05) is 11.3 Å². The molecule has 2 aromatic rings. The fraction of sp³-hybridized carbons (Fsp3) is 0.412. The largest absolute Gasteiger partial charge is 0.385 e. The van der Waals surface area contributed by atoms with Crippen molar-refractivity contribution in [3.63, 3.8) is 0 Å². The van der Waals surface area contributed by atoms with Crippen molar-refractivity contribution in [2.75, 3.05) is 18.4 Å². The Balaban J connectivity index is 1.57. The zero-order valence-electron chi connectivity index (χ0n) is 12.0. The molecule has 1 aliphatic rings. The molecule has 2 nitrogen and oxygen atoms in total. The molecular weight excluding hydrogens is 264 g/mol. The van der Waals surface area contributed by atoms with Crippen LogP contribution in [0.25, 0.3) is 0 Å². The summed E-state index contributed by atoms with van der Waals surface area (Å²) in [4.78, 5) is 2.93. The number of hydrogen-bond donors (Lipinski definition) is 2. The molecule has 1 aromatic carbocycles. The smallest absolute Gasteiger partial charge is 0.0376 e. The first-order valence-corrected chi connectivity index (χ1v) is 8.29. The minimum atomic E-state index is 0.637. The highest BCUT2D eigenvalue weighted by Gasteiger charge is 2.18. The van der Waals surface area contributed by atoms with E-state index in [4.69, 9.17) is 0 Å². The van der Waals surface area contributed by atoms with Gasteiger partial charge in [0.15, 0.2) is 0 Å². The lowest BCUT2D eigenvalue weighted by molar-refractivity contribution is 0.553. The summed E-state index contributed by atoms with van der Waals surface area (Å²) in [5, 5.41) is 7.12. The van der Waals surface area contributed by atoms with E-state index in [2.05, 4.69) is 54.0 Å². The monoisotopic (exact) mass is 286 g/mol. The number of benzene rings is 1. The predicted molar refractivity (Wildman–Crippen MR) is 87.7 cm³/mol. The van der Waals surface area contributed by atoms with Crippen molar-refractivity contribution < 1.29 is 0 Å². The van der Waals surface area contributed by atoms with Crippen molar-refractivity contribution in [2.24, 2.45) is 0 Å². The van der Waals surface area contributed by atoms with Gasteiger partial charge in [-0.2, -0.15) is 0 Å². The van der Waals surface area contributed by atoms with E-state index in [-0.39, 0.29) is 0 Å². The van der Waals surface area contributed by atoms with Gasteiger partial charge in [0.1, 0.15) is 0 Å². The fourth-order valence-corrected chi connectivity index (χ4v) is 3.77. The molecule has 0 bridgehead atoms. The summed E-state index contributed by atoms with van der Waals surface area (Å²) in [7, 11) is 0. The second-order valence-corrected chi connectivity index (χ2v) is 6.60. The Labute approximate surface area is 125 Å². The van der Waals surface area contributed by atoms with E-state index in [1.54, 1.807) is 0 Å². The number of para-hydroxylation sites is 1. The number of anilines is 1. The van der Waals surface area contributed by atoms with Gasteiger partial charge in [-0.15, -0.1) is 11.3 Å². The van der Waals surface area contributed by atoms with Crippen LogP contribution in [0.3, 0.4) is 0 Å². The molecule has 3 rings (SSSR count). The lowest BCUT2D eigenvalue weighted by Gasteiger charge is -2.26. The number of nitrogens with one attached hydrogen (secondary N) is 2. The number of rotatable bonds is 5. The predicted octanol–water partition coefficient (Wildman–Crippen LogP) is 4.00. The Morgan fingerprint density at radius 3 is 2.90 bits per heavy atom. The molecule has 1 aromatic heterocycles. The van der Waals surface area contributed by atoms with Crippen molar-refractivity contribution in [1.82, 2.24) is 5.32 Å². The van der Waals surface area contributed by atoms with Gasteiger partial charge in [0.25, 0.3) is 0 Å². The van der Waals surface area contributed by atoms with Gasteiger partial charge in [0.05, 0.1) is 0 Å². The molecule has 1 atom stereocenters. The van der Waals surface area contributed by atoms with Gasteiger partial charge in [-0.3, -0.25) is 0 Å². The van der Waals surface area contributed by atoms with E-state index in [9.17, 15) is 0 Å². The molecule has 1 unspecified atom stereocenters. The molecule has 0 amide bonds. The molecule has 1 aliphatic heterocycles. The van der Waals surface area contributed by atoms with Gasteiger partial charge in [-0.25, -0.2) is 0 Å². The van der Waals surface area contributed by atoms with E-state index in [0.29, 0.717) is 5.92 Å². The number of hydrogen-bond acceptors (Lipinski definition) is 3. The first kappa shape index (κ1) is 13.7. The fourth-order valence-electron chi connectivity index (χ4n) is 2.84.